The average Bonchev–Trinajstić information content (AvgIpc) is 2.54. The van der Waals surface area contributed by atoms with Gasteiger partial charge in [0, 0.05) is 31.9 Å². The molecule has 0 aromatic carbocycles. The second kappa shape index (κ2) is 4.99. The molecule has 1 aromatic rings. The lowest BCUT2D eigenvalue weighted by Gasteiger charge is -2.22. The van der Waals surface area contributed by atoms with Crippen LogP contribution in [0.25, 0.3) is 0 Å². The van der Waals surface area contributed by atoms with E-state index >= 15 is 0 Å². The molecule has 17 heavy (non-hydrogen) atoms. The van der Waals surface area contributed by atoms with E-state index in [1.54, 1.807) is 38.8 Å². The van der Waals surface area contributed by atoms with E-state index in [0.717, 1.165) is 5.56 Å². The Kier molecular flexibility index (Phi) is 3.88. The highest BCUT2D eigenvalue weighted by atomic mass is 16.4. The second-order valence-corrected chi connectivity index (χ2v) is 4.20. The van der Waals surface area contributed by atoms with Gasteiger partial charge in [-0.2, -0.15) is 5.10 Å². The van der Waals surface area contributed by atoms with Gasteiger partial charge >= 0.3 is 5.97 Å². The van der Waals surface area contributed by atoms with E-state index in [1.165, 1.54) is 4.90 Å². The van der Waals surface area contributed by atoms with Crippen LogP contribution in [-0.2, 0) is 11.8 Å². The number of carbonyl (C=O) groups excluding carboxylic acids is 1. The highest BCUT2D eigenvalue weighted by Crippen LogP contribution is 2.11. The molecule has 0 aliphatic rings. The molecule has 1 heterocycles. The number of hydrogen-bond acceptors (Lipinski definition) is 3. The maximum atomic E-state index is 12.1. The van der Waals surface area contributed by atoms with Crippen LogP contribution in [-0.4, -0.2) is 44.8 Å². The van der Waals surface area contributed by atoms with Crippen molar-refractivity contribution in [1.82, 2.24) is 14.7 Å². The number of carbonyl (C=O) groups is 2. The standard InChI is InChI=1S/C11H17N3O3/c1-7-6-13(3)12-10(7)11(17)14(4)8(2)5-9(15)16/h6,8H,5H2,1-4H3,(H,15,16). The minimum Gasteiger partial charge on any atom is -0.481 e. The lowest BCUT2D eigenvalue weighted by Crippen LogP contribution is -2.37. The maximum Gasteiger partial charge on any atom is 0.305 e. The molecular formula is C11H17N3O3. The molecular weight excluding hydrogens is 222 g/mol. The molecule has 1 N–H and O–H groups in total. The number of carboxylic acids is 1. The average molecular weight is 239 g/mol. The molecule has 0 saturated carbocycles. The molecule has 1 amide bonds. The smallest absolute Gasteiger partial charge is 0.305 e. The maximum absolute atomic E-state index is 12.1. The van der Waals surface area contributed by atoms with Crippen molar-refractivity contribution in [3.8, 4) is 0 Å². The van der Waals surface area contributed by atoms with Crippen LogP contribution in [0.3, 0.4) is 0 Å². The summed E-state index contributed by atoms with van der Waals surface area (Å²) in [6.45, 7) is 3.50. The fourth-order valence-electron chi connectivity index (χ4n) is 1.58. The summed E-state index contributed by atoms with van der Waals surface area (Å²) in [4.78, 5) is 24.1. The topological polar surface area (TPSA) is 75.4 Å². The van der Waals surface area contributed by atoms with E-state index in [2.05, 4.69) is 5.10 Å². The molecule has 1 atom stereocenters. The minimum absolute atomic E-state index is 0.0753. The molecule has 1 unspecified atom stereocenters. The third-order valence-electron chi connectivity index (χ3n) is 2.67. The number of nitrogens with zero attached hydrogens (tertiary/aromatic N) is 3. The number of aromatic nitrogens is 2. The Balaban J connectivity index is 2.83. The summed E-state index contributed by atoms with van der Waals surface area (Å²) in [6.07, 6.45) is 1.68. The Labute approximate surface area is 99.8 Å². The van der Waals surface area contributed by atoms with E-state index in [0.29, 0.717) is 5.69 Å². The largest absolute Gasteiger partial charge is 0.481 e. The van der Waals surface area contributed by atoms with Gasteiger partial charge < -0.3 is 10.0 Å². The number of hydrogen-bond donors (Lipinski definition) is 1. The SMILES string of the molecule is Cc1cn(C)nc1C(=O)N(C)C(C)CC(=O)O. The van der Waals surface area contributed by atoms with Crippen molar-refractivity contribution in [3.63, 3.8) is 0 Å². The number of aryl methyl sites for hydroxylation is 2. The van der Waals surface area contributed by atoms with Gasteiger partial charge in [-0.3, -0.25) is 14.3 Å². The van der Waals surface area contributed by atoms with Gasteiger partial charge in [0.05, 0.1) is 6.42 Å². The summed E-state index contributed by atoms with van der Waals surface area (Å²) in [5, 5.41) is 12.8. The number of carboxylic acid groups (broad SMARTS) is 1. The summed E-state index contributed by atoms with van der Waals surface area (Å²) in [5.41, 5.74) is 1.15. The zero-order chi connectivity index (χ0) is 13.2. The third-order valence-corrected chi connectivity index (χ3v) is 2.67. The summed E-state index contributed by atoms with van der Waals surface area (Å²) >= 11 is 0. The summed E-state index contributed by atoms with van der Waals surface area (Å²) in [7, 11) is 3.33. The molecule has 0 aliphatic carbocycles. The van der Waals surface area contributed by atoms with Gasteiger partial charge in [0.15, 0.2) is 5.69 Å². The zero-order valence-corrected chi connectivity index (χ0v) is 10.5. The van der Waals surface area contributed by atoms with Gasteiger partial charge in [0.2, 0.25) is 0 Å². The van der Waals surface area contributed by atoms with Gasteiger partial charge in [0.25, 0.3) is 5.91 Å². The molecule has 1 aromatic heterocycles. The van der Waals surface area contributed by atoms with Gasteiger partial charge in [-0.05, 0) is 13.8 Å². The summed E-state index contributed by atoms with van der Waals surface area (Å²) < 4.78 is 1.57. The van der Waals surface area contributed by atoms with Crippen molar-refractivity contribution >= 4 is 11.9 Å². The van der Waals surface area contributed by atoms with Crippen LogP contribution in [0, 0.1) is 6.92 Å². The Morgan fingerprint density at radius 2 is 2.18 bits per heavy atom. The van der Waals surface area contributed by atoms with Gasteiger partial charge in [-0.25, -0.2) is 0 Å². The molecule has 94 valence electrons. The molecule has 0 saturated heterocycles. The molecule has 6 nitrogen and oxygen atoms in total. The first-order valence-corrected chi connectivity index (χ1v) is 5.32. The van der Waals surface area contributed by atoms with Crippen molar-refractivity contribution in [2.24, 2.45) is 7.05 Å². The van der Waals surface area contributed by atoms with Gasteiger partial charge in [-0.15, -0.1) is 0 Å². The lowest BCUT2D eigenvalue weighted by molar-refractivity contribution is -0.137. The molecule has 6 heteroatoms. The van der Waals surface area contributed by atoms with Crippen molar-refractivity contribution in [3.05, 3.63) is 17.5 Å². The molecule has 0 aliphatic heterocycles. The Bertz CT molecular complexity index is 439. The fraction of sp³-hybridized carbons (Fsp3) is 0.545. The van der Waals surface area contributed by atoms with Crippen LogP contribution in [0.5, 0.6) is 0 Å². The minimum atomic E-state index is -0.921. The Morgan fingerprint density at radius 3 is 2.59 bits per heavy atom. The van der Waals surface area contributed by atoms with E-state index < -0.39 is 5.97 Å². The fourth-order valence-corrected chi connectivity index (χ4v) is 1.58. The summed E-state index contributed by atoms with van der Waals surface area (Å²) in [5.74, 6) is -1.17. The highest BCUT2D eigenvalue weighted by molar-refractivity contribution is 5.93. The monoisotopic (exact) mass is 239 g/mol. The number of amides is 1. The molecule has 0 radical (unpaired) electrons. The van der Waals surface area contributed by atoms with E-state index in [-0.39, 0.29) is 18.4 Å². The van der Waals surface area contributed by atoms with Crippen molar-refractivity contribution in [1.29, 1.82) is 0 Å². The van der Waals surface area contributed by atoms with Crippen molar-refractivity contribution < 1.29 is 14.7 Å². The quantitative estimate of drug-likeness (QED) is 0.837. The van der Waals surface area contributed by atoms with Crippen LogP contribution in [0.4, 0.5) is 0 Å². The third kappa shape index (κ3) is 3.05. The van der Waals surface area contributed by atoms with E-state index in [4.69, 9.17) is 5.11 Å². The predicted octanol–water partition coefficient (Wildman–Crippen LogP) is 0.664. The van der Waals surface area contributed by atoms with E-state index in [1.807, 2.05) is 0 Å². The van der Waals surface area contributed by atoms with E-state index in [9.17, 15) is 9.59 Å². The zero-order valence-electron chi connectivity index (χ0n) is 10.5. The van der Waals surface area contributed by atoms with Crippen LogP contribution in [0.2, 0.25) is 0 Å². The highest BCUT2D eigenvalue weighted by Gasteiger charge is 2.22. The number of rotatable bonds is 4. The second-order valence-electron chi connectivity index (χ2n) is 4.20. The normalized spacial score (nSPS) is 12.2. The first kappa shape index (κ1) is 13.2. The van der Waals surface area contributed by atoms with Crippen molar-refractivity contribution in [2.75, 3.05) is 7.05 Å². The first-order valence-electron chi connectivity index (χ1n) is 5.32. The molecule has 0 spiro atoms. The number of aliphatic carboxylic acids is 1. The van der Waals surface area contributed by atoms with Gasteiger partial charge in [-0.1, -0.05) is 0 Å². The van der Waals surface area contributed by atoms with Crippen LogP contribution < -0.4 is 0 Å². The van der Waals surface area contributed by atoms with Crippen LogP contribution >= 0.6 is 0 Å². The summed E-state index contributed by atoms with van der Waals surface area (Å²) in [6, 6.07) is -0.360. The first-order chi connectivity index (χ1) is 7.82. The van der Waals surface area contributed by atoms with Crippen molar-refractivity contribution in [2.45, 2.75) is 26.3 Å². The molecule has 0 bridgehead atoms. The predicted molar refractivity (Wildman–Crippen MR) is 61.8 cm³/mol. The Morgan fingerprint density at radius 1 is 1.59 bits per heavy atom. The van der Waals surface area contributed by atoms with Crippen LogP contribution in [0.15, 0.2) is 6.20 Å². The molecule has 0 fully saturated rings. The Hall–Kier alpha value is -1.85. The van der Waals surface area contributed by atoms with Gasteiger partial charge in [0.1, 0.15) is 0 Å². The molecule has 1 rings (SSSR count). The van der Waals surface area contributed by atoms with Crippen LogP contribution in [0.1, 0.15) is 29.4 Å². The lowest BCUT2D eigenvalue weighted by atomic mass is 10.2.